The van der Waals surface area contributed by atoms with Crippen molar-refractivity contribution in [2.24, 2.45) is 0 Å². The number of phosphoric ester groups is 1. The van der Waals surface area contributed by atoms with Gasteiger partial charge in [0, 0.05) is 13.1 Å². The van der Waals surface area contributed by atoms with Crippen molar-refractivity contribution in [3.05, 3.63) is 0 Å². The summed E-state index contributed by atoms with van der Waals surface area (Å²) in [5.74, 6) is -0.279. The van der Waals surface area contributed by atoms with Gasteiger partial charge in [-0.25, -0.2) is 9.67 Å². The van der Waals surface area contributed by atoms with Crippen molar-refractivity contribution in [2.45, 2.75) is 6.04 Å². The first-order chi connectivity index (χ1) is 7.40. The summed E-state index contributed by atoms with van der Waals surface area (Å²) in [6, 6.07) is -0.500. The fourth-order valence-corrected chi connectivity index (χ4v) is 1.85. The number of amides is 1. The zero-order chi connectivity index (χ0) is 12.2. The van der Waals surface area contributed by atoms with Gasteiger partial charge in [-0.2, -0.15) is 0 Å². The monoisotopic (exact) mass is 253 g/mol. The lowest BCUT2D eigenvalue weighted by Gasteiger charge is -2.32. The summed E-state index contributed by atoms with van der Waals surface area (Å²) in [6.45, 7) is 0.132. The van der Waals surface area contributed by atoms with Crippen LogP contribution in [-0.4, -0.2) is 59.5 Å². The summed E-state index contributed by atoms with van der Waals surface area (Å²) < 4.78 is 14.7. The molecule has 0 aromatic heterocycles. The molecule has 1 rings (SSSR count). The fraction of sp³-hybridized carbons (Fsp3) is 0.857. The normalized spacial score (nSPS) is 23.2. The van der Waals surface area contributed by atoms with Gasteiger partial charge >= 0.3 is 7.82 Å². The zero-order valence-corrected chi connectivity index (χ0v) is 9.43. The molecule has 0 aromatic carbocycles. The molecule has 1 unspecified atom stereocenters. The third kappa shape index (κ3) is 5.02. The van der Waals surface area contributed by atoms with Gasteiger partial charge in [-0.3, -0.25) is 14.2 Å². The Kier molecular flexibility index (Phi) is 4.85. The van der Waals surface area contributed by atoms with E-state index >= 15 is 0 Å². The van der Waals surface area contributed by atoms with Crippen LogP contribution in [0.1, 0.15) is 0 Å². The first-order valence-corrected chi connectivity index (χ1v) is 6.23. The summed E-state index contributed by atoms with van der Waals surface area (Å²) >= 11 is 0. The Balaban J connectivity index is 2.41. The molecule has 8 nitrogen and oxygen atoms in total. The molecule has 0 aromatic rings. The Labute approximate surface area is 92.4 Å². The first kappa shape index (κ1) is 13.6. The van der Waals surface area contributed by atoms with Crippen LogP contribution >= 0.6 is 7.82 Å². The molecule has 1 fully saturated rings. The second-order valence-electron chi connectivity index (χ2n) is 3.49. The molecule has 1 aliphatic rings. The molecule has 0 spiro atoms. The van der Waals surface area contributed by atoms with E-state index in [0.29, 0.717) is 6.54 Å². The maximum Gasteiger partial charge on any atom is 0.469 e. The molecule has 0 bridgehead atoms. The number of nitrogens with one attached hydrogen (secondary N) is 1. The Morgan fingerprint density at radius 2 is 2.25 bits per heavy atom. The van der Waals surface area contributed by atoms with Gasteiger partial charge < -0.3 is 15.1 Å². The number of hydrogen-bond acceptors (Lipinski definition) is 4. The van der Waals surface area contributed by atoms with E-state index in [1.54, 1.807) is 4.90 Å². The van der Waals surface area contributed by atoms with Gasteiger partial charge in [0.2, 0.25) is 5.91 Å². The second-order valence-corrected chi connectivity index (χ2v) is 4.73. The van der Waals surface area contributed by atoms with Crippen LogP contribution in [-0.2, 0) is 19.0 Å². The van der Waals surface area contributed by atoms with E-state index < -0.39 is 13.9 Å². The molecule has 1 amide bonds. The lowest BCUT2D eigenvalue weighted by molar-refractivity contribution is -0.126. The highest BCUT2D eigenvalue weighted by atomic mass is 31.2. The van der Waals surface area contributed by atoms with Crippen molar-refractivity contribution in [2.75, 3.05) is 32.8 Å². The van der Waals surface area contributed by atoms with E-state index in [0.717, 1.165) is 0 Å². The van der Waals surface area contributed by atoms with Gasteiger partial charge in [0.25, 0.3) is 0 Å². The Bertz CT molecular complexity index is 293. The molecule has 93 valence electrons. The predicted octanol–water partition coefficient (Wildman–Crippen LogP) is -1.67. The van der Waals surface area contributed by atoms with Crippen LogP contribution in [0.2, 0.25) is 0 Å². The molecule has 1 radical (unpaired) electrons. The van der Waals surface area contributed by atoms with Gasteiger partial charge in [-0.15, -0.1) is 0 Å². The van der Waals surface area contributed by atoms with Crippen molar-refractivity contribution in [3.63, 3.8) is 0 Å². The van der Waals surface area contributed by atoms with E-state index in [9.17, 15) is 14.5 Å². The Morgan fingerprint density at radius 1 is 1.56 bits per heavy atom. The molecule has 0 saturated carbocycles. The lowest BCUT2D eigenvalue weighted by Crippen LogP contribution is -2.56. The zero-order valence-electron chi connectivity index (χ0n) is 8.53. The minimum Gasteiger partial charge on any atom is -0.349 e. The molecule has 1 heterocycles. The van der Waals surface area contributed by atoms with Gasteiger partial charge in [0.1, 0.15) is 0 Å². The number of carbonyl (C=O) groups is 1. The summed E-state index contributed by atoms with van der Waals surface area (Å²) in [5, 5.41) is 12.9. The van der Waals surface area contributed by atoms with Crippen molar-refractivity contribution < 1.29 is 28.8 Å². The topological polar surface area (TPSA) is 119 Å². The lowest BCUT2D eigenvalue weighted by atomic mass is 10.2. The maximum atomic E-state index is 11.2. The van der Waals surface area contributed by atoms with E-state index in [4.69, 9.17) is 9.79 Å². The van der Waals surface area contributed by atoms with Crippen molar-refractivity contribution in [1.29, 1.82) is 0 Å². The van der Waals surface area contributed by atoms with Gasteiger partial charge in [-0.1, -0.05) is 0 Å². The summed E-state index contributed by atoms with van der Waals surface area (Å²) in [4.78, 5) is 29.8. The summed E-state index contributed by atoms with van der Waals surface area (Å²) in [6.07, 6.45) is 0. The highest BCUT2D eigenvalue weighted by Crippen LogP contribution is 2.35. The number of hydrogen-bond donors (Lipinski definition) is 3. The van der Waals surface area contributed by atoms with E-state index in [1.807, 2.05) is 0 Å². The van der Waals surface area contributed by atoms with Crippen LogP contribution in [0.4, 0.5) is 0 Å². The summed E-state index contributed by atoms with van der Waals surface area (Å²) in [7, 11) is -4.52. The van der Waals surface area contributed by atoms with E-state index in [2.05, 4.69) is 9.84 Å². The first-order valence-electron chi connectivity index (χ1n) is 4.70. The SMILES string of the molecule is [O]CCN1CC(=O)NC(COP(=O)(O)O)C1. The second kappa shape index (κ2) is 5.72. The fourth-order valence-electron chi connectivity index (χ4n) is 1.48. The highest BCUT2D eigenvalue weighted by Gasteiger charge is 2.26. The van der Waals surface area contributed by atoms with Crippen LogP contribution < -0.4 is 5.32 Å². The van der Waals surface area contributed by atoms with E-state index in [-0.39, 0.29) is 32.2 Å². The largest absolute Gasteiger partial charge is 0.469 e. The molecular weight excluding hydrogens is 239 g/mol. The van der Waals surface area contributed by atoms with E-state index in [1.165, 1.54) is 0 Å². The molecule has 0 aliphatic carbocycles. The molecule has 1 saturated heterocycles. The average Bonchev–Trinajstić information content (AvgIpc) is 2.13. The van der Waals surface area contributed by atoms with Crippen LogP contribution in [0.3, 0.4) is 0 Å². The Hall–Kier alpha value is -0.500. The summed E-state index contributed by atoms with van der Waals surface area (Å²) in [5.41, 5.74) is 0. The van der Waals surface area contributed by atoms with Crippen LogP contribution in [0.25, 0.3) is 0 Å². The van der Waals surface area contributed by atoms with Crippen LogP contribution in [0, 0.1) is 0 Å². The molecule has 9 heteroatoms. The number of piperazine rings is 1. The number of rotatable bonds is 5. The van der Waals surface area contributed by atoms with Gasteiger partial charge in [-0.05, 0) is 0 Å². The van der Waals surface area contributed by atoms with Gasteiger partial charge in [0.15, 0.2) is 0 Å². The third-order valence-corrected chi connectivity index (χ3v) is 2.55. The minimum absolute atomic E-state index is 0.134. The molecule has 1 atom stereocenters. The molecular formula is C7H14N2O6P. The minimum atomic E-state index is -4.52. The highest BCUT2D eigenvalue weighted by molar-refractivity contribution is 7.46. The van der Waals surface area contributed by atoms with Crippen molar-refractivity contribution in [1.82, 2.24) is 10.2 Å². The van der Waals surface area contributed by atoms with Crippen LogP contribution in [0.15, 0.2) is 0 Å². The average molecular weight is 253 g/mol. The number of carbonyl (C=O) groups excluding carboxylic acids is 1. The smallest absolute Gasteiger partial charge is 0.349 e. The number of nitrogens with zero attached hydrogens (tertiary/aromatic N) is 1. The number of phosphoric acid groups is 1. The molecule has 3 N–H and O–H groups in total. The van der Waals surface area contributed by atoms with Crippen molar-refractivity contribution >= 4 is 13.7 Å². The third-order valence-electron chi connectivity index (χ3n) is 2.06. The standard InChI is InChI=1S/C7H14N2O6P/c10-2-1-9-3-6(8-7(11)4-9)5-15-16(12,13)14/h6H,1-5H2,(H,8,11)(H2,12,13,14). The molecule has 1 aliphatic heterocycles. The van der Waals surface area contributed by atoms with Crippen LogP contribution in [0.5, 0.6) is 0 Å². The van der Waals surface area contributed by atoms with Gasteiger partial charge in [0.05, 0.1) is 25.8 Å². The predicted molar refractivity (Wildman–Crippen MR) is 51.9 cm³/mol. The van der Waals surface area contributed by atoms with Crippen molar-refractivity contribution in [3.8, 4) is 0 Å². The maximum absolute atomic E-state index is 11.2. The molecule has 16 heavy (non-hydrogen) atoms. The Morgan fingerprint density at radius 3 is 2.81 bits per heavy atom. The quantitative estimate of drug-likeness (QED) is 0.504.